The summed E-state index contributed by atoms with van der Waals surface area (Å²) in [7, 11) is -3.93. The Morgan fingerprint density at radius 1 is 1.32 bits per heavy atom. The first-order chi connectivity index (χ1) is 10.3. The van der Waals surface area contributed by atoms with Gasteiger partial charge in [-0.25, -0.2) is 9.03 Å². The Labute approximate surface area is 127 Å². The van der Waals surface area contributed by atoms with Crippen LogP contribution >= 0.6 is 0 Å². The average molecular weight is 325 g/mol. The number of amides is 1. The van der Waals surface area contributed by atoms with Crippen molar-refractivity contribution < 1.29 is 23.4 Å². The van der Waals surface area contributed by atoms with Crippen LogP contribution in [0.4, 0.5) is 5.69 Å². The number of aliphatic hydroxyl groups excluding tert-OH is 1. The molecule has 1 unspecified atom stereocenters. The number of carbonyl (C=O) groups excluding carboxylic acids is 1. The van der Waals surface area contributed by atoms with Crippen molar-refractivity contribution in [3.63, 3.8) is 0 Å². The number of carbonyl (C=O) groups is 1. The summed E-state index contributed by atoms with van der Waals surface area (Å²) in [6.45, 7) is 0. The molecule has 0 saturated carbocycles. The molecule has 0 radical (unpaired) electrons. The molecule has 4 N–H and O–H groups in total. The van der Waals surface area contributed by atoms with Crippen LogP contribution in [0, 0.1) is 0 Å². The summed E-state index contributed by atoms with van der Waals surface area (Å²) in [5.41, 5.74) is 0.821. The number of hydrogen-bond acceptors (Lipinski definition) is 5. The zero-order chi connectivity index (χ0) is 15.9. The van der Waals surface area contributed by atoms with Gasteiger partial charge in [0.2, 0.25) is 11.8 Å². The van der Waals surface area contributed by atoms with Gasteiger partial charge in [-0.2, -0.15) is 8.42 Å². The summed E-state index contributed by atoms with van der Waals surface area (Å²) < 4.78 is 26.2. The quantitative estimate of drug-likeness (QED) is 0.634. The van der Waals surface area contributed by atoms with Crippen molar-refractivity contribution in [3.05, 3.63) is 35.8 Å². The van der Waals surface area contributed by atoms with E-state index in [0.29, 0.717) is 12.8 Å². The van der Waals surface area contributed by atoms with Crippen LogP contribution in [0.15, 0.2) is 30.3 Å². The normalized spacial score (nSPS) is 23.1. The van der Waals surface area contributed by atoms with E-state index in [0.717, 1.165) is 22.5 Å². The molecule has 8 nitrogen and oxygen atoms in total. The minimum absolute atomic E-state index is 0.0145. The number of aliphatic hydroxyl groups is 1. The average Bonchev–Trinajstić information content (AvgIpc) is 2.92. The maximum atomic E-state index is 11.8. The van der Waals surface area contributed by atoms with Gasteiger partial charge in [0.1, 0.15) is 11.4 Å². The van der Waals surface area contributed by atoms with E-state index in [9.17, 15) is 23.4 Å². The van der Waals surface area contributed by atoms with Crippen LogP contribution in [0.25, 0.3) is 0 Å². The van der Waals surface area contributed by atoms with Crippen molar-refractivity contribution in [2.75, 3.05) is 4.31 Å². The molecular formula is C13H15N3O5S. The van der Waals surface area contributed by atoms with Crippen LogP contribution in [0.3, 0.4) is 0 Å². The lowest BCUT2D eigenvalue weighted by Gasteiger charge is -2.17. The van der Waals surface area contributed by atoms with Gasteiger partial charge in [0.05, 0.1) is 6.20 Å². The lowest BCUT2D eigenvalue weighted by molar-refractivity contribution is -0.119. The topological polar surface area (TPSA) is 119 Å². The van der Waals surface area contributed by atoms with E-state index in [2.05, 4.69) is 5.32 Å². The summed E-state index contributed by atoms with van der Waals surface area (Å²) in [6.07, 6.45) is 2.77. The third-order valence-electron chi connectivity index (χ3n) is 3.58. The maximum Gasteiger partial charge on any atom is 0.330 e. The fraction of sp³-hybridized carbons (Fsp3) is 0.308. The van der Waals surface area contributed by atoms with Crippen molar-refractivity contribution in [2.45, 2.75) is 25.3 Å². The minimum atomic E-state index is -3.93. The van der Waals surface area contributed by atoms with Gasteiger partial charge in [0, 0.05) is 12.5 Å². The molecule has 1 saturated heterocycles. The highest BCUT2D eigenvalue weighted by Gasteiger charge is 2.30. The number of phenols is 1. The Kier molecular flexibility index (Phi) is 3.36. The number of nitrogens with one attached hydrogen (secondary N) is 2. The number of benzene rings is 1. The van der Waals surface area contributed by atoms with Crippen molar-refractivity contribution in [2.24, 2.45) is 0 Å². The molecule has 3 rings (SSSR count). The summed E-state index contributed by atoms with van der Waals surface area (Å²) in [4.78, 5) is 11.2. The summed E-state index contributed by atoms with van der Waals surface area (Å²) in [5, 5.41) is 22.2. The van der Waals surface area contributed by atoms with E-state index in [4.69, 9.17) is 0 Å². The highest BCUT2D eigenvalue weighted by molar-refractivity contribution is 7.91. The van der Waals surface area contributed by atoms with Gasteiger partial charge in [-0.3, -0.25) is 4.79 Å². The Hall–Kier alpha value is -2.42. The molecule has 1 aromatic rings. The Morgan fingerprint density at radius 2 is 2.09 bits per heavy atom. The second kappa shape index (κ2) is 5.09. The molecule has 9 heteroatoms. The molecule has 118 valence electrons. The number of aromatic hydroxyl groups is 1. The molecule has 0 aliphatic carbocycles. The Bertz CT molecular complexity index is 759. The van der Waals surface area contributed by atoms with Gasteiger partial charge >= 0.3 is 10.2 Å². The molecule has 2 heterocycles. The molecule has 1 atom stereocenters. The third-order valence-corrected chi connectivity index (χ3v) is 4.86. The summed E-state index contributed by atoms with van der Waals surface area (Å²) in [5.74, 6) is -0.726. The Morgan fingerprint density at radius 3 is 2.64 bits per heavy atom. The first kappa shape index (κ1) is 14.5. The standard InChI is InChI=1S/C13H15N3O5S/c17-11-6-8(5-9-2-4-12(18)14-9)1-3-10(11)16-7-13(19)15-22(16,20)21/h1,3,6-7,9,15,17,19H,2,4-5H2,(H,14,18). The third kappa shape index (κ3) is 2.67. The molecule has 2 aliphatic heterocycles. The lowest BCUT2D eigenvalue weighted by Crippen LogP contribution is -2.29. The minimum Gasteiger partial charge on any atom is -0.506 e. The van der Waals surface area contributed by atoms with Crippen molar-refractivity contribution in [1.82, 2.24) is 10.0 Å². The van der Waals surface area contributed by atoms with E-state index >= 15 is 0 Å². The van der Waals surface area contributed by atoms with Crippen molar-refractivity contribution in [3.8, 4) is 5.75 Å². The molecule has 0 bridgehead atoms. The molecule has 22 heavy (non-hydrogen) atoms. The van der Waals surface area contributed by atoms with Gasteiger partial charge in [-0.15, -0.1) is 0 Å². The number of rotatable bonds is 3. The first-order valence-corrected chi connectivity index (χ1v) is 8.13. The van der Waals surface area contributed by atoms with Crippen molar-refractivity contribution in [1.29, 1.82) is 0 Å². The fourth-order valence-electron chi connectivity index (χ4n) is 2.58. The van der Waals surface area contributed by atoms with Gasteiger partial charge in [-0.1, -0.05) is 6.07 Å². The second-order valence-electron chi connectivity index (χ2n) is 5.25. The van der Waals surface area contributed by atoms with E-state index in [1.54, 1.807) is 6.07 Å². The van der Waals surface area contributed by atoms with Crippen LogP contribution in [0.5, 0.6) is 5.75 Å². The number of anilines is 1. The van der Waals surface area contributed by atoms with E-state index < -0.39 is 16.1 Å². The largest absolute Gasteiger partial charge is 0.506 e. The van der Waals surface area contributed by atoms with Crippen LogP contribution in [-0.2, 0) is 21.4 Å². The smallest absolute Gasteiger partial charge is 0.330 e. The van der Waals surface area contributed by atoms with Gasteiger partial charge in [-0.05, 0) is 30.5 Å². The SMILES string of the molecule is O=C1CCC(Cc2ccc(N3C=C(O)NS3(=O)=O)c(O)c2)N1. The van der Waals surface area contributed by atoms with Crippen LogP contribution in [0.1, 0.15) is 18.4 Å². The van der Waals surface area contributed by atoms with Crippen LogP contribution < -0.4 is 14.3 Å². The summed E-state index contributed by atoms with van der Waals surface area (Å²) in [6, 6.07) is 4.62. The molecule has 1 aromatic carbocycles. The highest BCUT2D eigenvalue weighted by Crippen LogP contribution is 2.33. The highest BCUT2D eigenvalue weighted by atomic mass is 32.2. The van der Waals surface area contributed by atoms with Gasteiger partial charge in [0.15, 0.2) is 0 Å². The predicted molar refractivity (Wildman–Crippen MR) is 78.2 cm³/mol. The summed E-state index contributed by atoms with van der Waals surface area (Å²) >= 11 is 0. The molecule has 0 spiro atoms. The Balaban J connectivity index is 1.82. The van der Waals surface area contributed by atoms with E-state index in [-0.39, 0.29) is 23.4 Å². The molecule has 2 aliphatic rings. The zero-order valence-electron chi connectivity index (χ0n) is 11.5. The predicted octanol–water partition coefficient (Wildman–Crippen LogP) is 0.225. The van der Waals surface area contributed by atoms with Crippen molar-refractivity contribution >= 4 is 21.8 Å². The lowest BCUT2D eigenvalue weighted by atomic mass is 10.0. The molecule has 1 amide bonds. The first-order valence-electron chi connectivity index (χ1n) is 6.69. The monoisotopic (exact) mass is 325 g/mol. The van der Waals surface area contributed by atoms with E-state index in [1.165, 1.54) is 12.1 Å². The maximum absolute atomic E-state index is 11.8. The van der Waals surface area contributed by atoms with Crippen LogP contribution in [0.2, 0.25) is 0 Å². The number of nitrogens with zero attached hydrogens (tertiary/aromatic N) is 1. The zero-order valence-corrected chi connectivity index (χ0v) is 12.3. The fourth-order valence-corrected chi connectivity index (χ4v) is 3.65. The number of hydrogen-bond donors (Lipinski definition) is 4. The number of phenolic OH excluding ortho intramolecular Hbond substituents is 1. The molecule has 1 fully saturated rings. The van der Waals surface area contributed by atoms with E-state index in [1.807, 2.05) is 4.72 Å². The van der Waals surface area contributed by atoms with Crippen LogP contribution in [-0.4, -0.2) is 30.6 Å². The molecule has 0 aromatic heterocycles. The van der Waals surface area contributed by atoms with Gasteiger partial charge < -0.3 is 15.5 Å². The second-order valence-corrected chi connectivity index (χ2v) is 6.80. The molecular weight excluding hydrogens is 310 g/mol. The van der Waals surface area contributed by atoms with Gasteiger partial charge in [0.25, 0.3) is 0 Å².